The van der Waals surface area contributed by atoms with Gasteiger partial charge in [-0.2, -0.15) is 0 Å². The van der Waals surface area contributed by atoms with Crippen LogP contribution in [-0.2, 0) is 0 Å². The molecule has 1 aliphatic carbocycles. The molecule has 0 spiro atoms. The van der Waals surface area contributed by atoms with Crippen molar-refractivity contribution >= 4 is 82.1 Å². The molecule has 1 atom stereocenters. The molecule has 3 heteroatoms. The van der Waals surface area contributed by atoms with Crippen LogP contribution in [0.3, 0.4) is 0 Å². The Kier molecular flexibility index (Phi) is 9.77. The SMILES string of the molecule is C1=CCC2C(=C1)c1ccccc1N2c1ccccc1-c1ccc2c(c1)c1cc(-c3ccccc3-n3c4ccccc4c4ccccc43)ccc1n2-c1ccc(-c2c3ccccc3c(-c3ccccc3)c3ccccc23)cc1. The highest BCUT2D eigenvalue weighted by Crippen LogP contribution is 2.51. The van der Waals surface area contributed by atoms with Crippen LogP contribution in [0.2, 0.25) is 0 Å². The minimum Gasteiger partial charge on any atom is -0.332 e. The summed E-state index contributed by atoms with van der Waals surface area (Å²) in [7, 11) is 0. The first-order chi connectivity index (χ1) is 38.2. The van der Waals surface area contributed by atoms with Gasteiger partial charge < -0.3 is 14.0 Å². The number of hydrogen-bond donors (Lipinski definition) is 0. The van der Waals surface area contributed by atoms with E-state index in [1.165, 1.54) is 127 Å². The minimum absolute atomic E-state index is 0.238. The van der Waals surface area contributed by atoms with Gasteiger partial charge in [0.15, 0.2) is 0 Å². The van der Waals surface area contributed by atoms with Gasteiger partial charge in [-0.05, 0) is 134 Å². The fourth-order valence-electron chi connectivity index (χ4n) is 13.3. The second-order valence-corrected chi connectivity index (χ2v) is 20.6. The number of rotatable bonds is 7. The maximum absolute atomic E-state index is 2.58. The summed E-state index contributed by atoms with van der Waals surface area (Å²) in [5, 5.41) is 9.95. The quantitative estimate of drug-likeness (QED) is 0.145. The predicted molar refractivity (Wildman–Crippen MR) is 326 cm³/mol. The second kappa shape index (κ2) is 17.3. The van der Waals surface area contributed by atoms with Gasteiger partial charge in [-0.25, -0.2) is 0 Å². The fraction of sp³-hybridized carbons (Fsp3) is 0.0270. The lowest BCUT2D eigenvalue weighted by Gasteiger charge is -2.30. The molecule has 3 heterocycles. The minimum atomic E-state index is 0.238. The highest BCUT2D eigenvalue weighted by Gasteiger charge is 2.36. The van der Waals surface area contributed by atoms with E-state index in [2.05, 4.69) is 293 Å². The molecule has 3 nitrogen and oxygen atoms in total. The zero-order chi connectivity index (χ0) is 50.6. The molecule has 0 saturated carbocycles. The van der Waals surface area contributed by atoms with E-state index in [0.29, 0.717) is 0 Å². The van der Waals surface area contributed by atoms with Crippen molar-refractivity contribution in [1.82, 2.24) is 9.13 Å². The Morgan fingerprint density at radius 1 is 0.299 bits per heavy atom. The van der Waals surface area contributed by atoms with Crippen molar-refractivity contribution in [1.29, 1.82) is 0 Å². The molecule has 2 aliphatic rings. The van der Waals surface area contributed by atoms with Crippen LogP contribution in [0, 0.1) is 0 Å². The number of aromatic nitrogens is 2. The van der Waals surface area contributed by atoms with Crippen LogP contribution in [0.1, 0.15) is 12.0 Å². The number of fused-ring (bicyclic) bond motifs is 11. The average Bonchev–Trinajstić information content (AvgIpc) is 4.36. The summed E-state index contributed by atoms with van der Waals surface area (Å²) in [6.07, 6.45) is 7.81. The van der Waals surface area contributed by atoms with Gasteiger partial charge in [0, 0.05) is 55.3 Å². The first-order valence-electron chi connectivity index (χ1n) is 26.9. The van der Waals surface area contributed by atoms with Crippen LogP contribution in [0.25, 0.3) is 127 Å². The number of nitrogens with zero attached hydrogens (tertiary/aromatic N) is 3. The first-order valence-corrected chi connectivity index (χ1v) is 26.9. The number of anilines is 2. The zero-order valence-corrected chi connectivity index (χ0v) is 42.2. The maximum atomic E-state index is 2.58. The summed E-state index contributed by atoms with van der Waals surface area (Å²) in [4.78, 5) is 2.58. The molecule has 360 valence electrons. The molecule has 0 radical (unpaired) electrons. The third-order valence-corrected chi connectivity index (χ3v) is 16.6. The lowest BCUT2D eigenvalue weighted by molar-refractivity contribution is 0.830. The van der Waals surface area contributed by atoms with Crippen molar-refractivity contribution in [2.24, 2.45) is 0 Å². The van der Waals surface area contributed by atoms with Crippen LogP contribution in [0.15, 0.2) is 279 Å². The lowest BCUT2D eigenvalue weighted by atomic mass is 9.86. The Balaban J connectivity index is 0.896. The molecule has 1 aliphatic heterocycles. The number of benzene rings is 12. The summed E-state index contributed by atoms with van der Waals surface area (Å²) < 4.78 is 4.93. The largest absolute Gasteiger partial charge is 0.332 e. The van der Waals surface area contributed by atoms with E-state index in [1.807, 2.05) is 0 Å². The Bertz CT molecular complexity index is 4670. The molecule has 77 heavy (non-hydrogen) atoms. The van der Waals surface area contributed by atoms with E-state index in [9.17, 15) is 0 Å². The average molecular weight is 980 g/mol. The molecule has 0 saturated heterocycles. The molecule has 12 aromatic carbocycles. The first kappa shape index (κ1) is 43.4. The van der Waals surface area contributed by atoms with E-state index in [-0.39, 0.29) is 6.04 Å². The molecule has 0 bridgehead atoms. The van der Waals surface area contributed by atoms with Gasteiger partial charge in [-0.15, -0.1) is 0 Å². The Labute approximate surface area is 446 Å². The Morgan fingerprint density at radius 2 is 0.714 bits per heavy atom. The van der Waals surface area contributed by atoms with Crippen LogP contribution >= 0.6 is 0 Å². The lowest BCUT2D eigenvalue weighted by Crippen LogP contribution is -2.27. The fourth-order valence-corrected chi connectivity index (χ4v) is 13.3. The topological polar surface area (TPSA) is 13.1 Å². The van der Waals surface area contributed by atoms with E-state index in [1.54, 1.807) is 0 Å². The molecule has 0 amide bonds. The van der Waals surface area contributed by atoms with E-state index < -0.39 is 0 Å². The molecule has 0 N–H and O–H groups in total. The van der Waals surface area contributed by atoms with Crippen LogP contribution in [-0.4, -0.2) is 15.2 Å². The molecular formula is C74H49N3. The highest BCUT2D eigenvalue weighted by molar-refractivity contribution is 6.21. The van der Waals surface area contributed by atoms with Gasteiger partial charge in [0.25, 0.3) is 0 Å². The molecule has 2 aromatic heterocycles. The summed E-state index contributed by atoms with van der Waals surface area (Å²) in [5.74, 6) is 0. The van der Waals surface area contributed by atoms with Crippen LogP contribution < -0.4 is 4.90 Å². The Hall–Kier alpha value is -9.96. The normalized spacial score (nSPS) is 14.1. The molecular weight excluding hydrogens is 931 g/mol. The van der Waals surface area contributed by atoms with Crippen molar-refractivity contribution in [2.75, 3.05) is 4.90 Å². The molecule has 1 unspecified atom stereocenters. The third kappa shape index (κ3) is 6.63. The number of para-hydroxylation sites is 5. The van der Waals surface area contributed by atoms with Crippen molar-refractivity contribution in [3.63, 3.8) is 0 Å². The third-order valence-electron chi connectivity index (χ3n) is 16.6. The highest BCUT2D eigenvalue weighted by atomic mass is 15.2. The van der Waals surface area contributed by atoms with Crippen molar-refractivity contribution in [2.45, 2.75) is 12.5 Å². The summed E-state index contributed by atoms with van der Waals surface area (Å²) in [6.45, 7) is 0. The smallest absolute Gasteiger partial charge is 0.0633 e. The molecule has 16 rings (SSSR count). The monoisotopic (exact) mass is 979 g/mol. The second-order valence-electron chi connectivity index (χ2n) is 20.6. The summed E-state index contributed by atoms with van der Waals surface area (Å²) in [5.41, 5.74) is 21.9. The number of allylic oxidation sites excluding steroid dienone is 2. The van der Waals surface area contributed by atoms with Crippen LogP contribution in [0.4, 0.5) is 11.4 Å². The summed E-state index contributed by atoms with van der Waals surface area (Å²) in [6, 6.07) is 97.0. The van der Waals surface area contributed by atoms with E-state index in [4.69, 9.17) is 0 Å². The van der Waals surface area contributed by atoms with Gasteiger partial charge in [0.2, 0.25) is 0 Å². The maximum Gasteiger partial charge on any atom is 0.0633 e. The van der Waals surface area contributed by atoms with Gasteiger partial charge in [-0.3, -0.25) is 0 Å². The van der Waals surface area contributed by atoms with E-state index in [0.717, 1.165) is 23.3 Å². The van der Waals surface area contributed by atoms with Gasteiger partial charge in [0.05, 0.1) is 33.8 Å². The van der Waals surface area contributed by atoms with Crippen molar-refractivity contribution < 1.29 is 0 Å². The van der Waals surface area contributed by atoms with Crippen molar-refractivity contribution in [3.8, 4) is 55.9 Å². The van der Waals surface area contributed by atoms with Crippen LogP contribution in [0.5, 0.6) is 0 Å². The number of hydrogen-bond acceptors (Lipinski definition) is 1. The summed E-state index contributed by atoms with van der Waals surface area (Å²) >= 11 is 0. The van der Waals surface area contributed by atoms with E-state index >= 15 is 0 Å². The van der Waals surface area contributed by atoms with Gasteiger partial charge in [0.1, 0.15) is 0 Å². The standard InChI is InChI=1S/C74H49N3/c1-2-20-48(21-3-1)73-59-28-4-6-30-61(59)74(62-31-7-5-29-60(62)73)49-38-42-52(43-39-49)75-71-44-40-50(53-22-8-14-32-65(53)76-67-34-16-10-24-55(67)56-25-11-17-35-68(56)76)46-63(71)64-47-51(41-45-72(64)75)54-23-9-15-33-66(54)77-69-36-18-12-26-57(69)58-27-13-19-37-70(58)77/h1-36,38-47,70H,37H2. The Morgan fingerprint density at radius 3 is 1.29 bits per heavy atom. The van der Waals surface area contributed by atoms with Gasteiger partial charge >= 0.3 is 0 Å². The van der Waals surface area contributed by atoms with Crippen molar-refractivity contribution in [3.05, 3.63) is 285 Å². The molecule has 14 aromatic rings. The van der Waals surface area contributed by atoms with Gasteiger partial charge in [-0.1, -0.05) is 212 Å². The predicted octanol–water partition coefficient (Wildman–Crippen LogP) is 19.7. The molecule has 0 fully saturated rings. The zero-order valence-electron chi connectivity index (χ0n) is 42.2.